The van der Waals surface area contributed by atoms with Crippen molar-refractivity contribution in [2.24, 2.45) is 5.92 Å². The summed E-state index contributed by atoms with van der Waals surface area (Å²) in [6, 6.07) is 0. The van der Waals surface area contributed by atoms with Gasteiger partial charge in [-0.3, -0.25) is 4.79 Å². The number of carbonyl (C=O) groups is 1. The molecule has 0 aromatic rings. The predicted molar refractivity (Wildman–Crippen MR) is 56.0 cm³/mol. The van der Waals surface area contributed by atoms with Crippen LogP contribution >= 0.6 is 24.0 Å². The van der Waals surface area contributed by atoms with E-state index < -0.39 is 0 Å². The second kappa shape index (κ2) is 3.79. The summed E-state index contributed by atoms with van der Waals surface area (Å²) in [5, 5.41) is -0.0532. The molecule has 2 nitrogen and oxygen atoms in total. The molecule has 0 N–H and O–H groups in total. The van der Waals surface area contributed by atoms with Crippen molar-refractivity contribution >= 4 is 42.2 Å². The SMILES string of the molecule is [B]N1C(=O)C(CC(C)C)SC1=S. The number of carbonyl (C=O) groups excluding carboxylic acids is 1. The van der Waals surface area contributed by atoms with E-state index in [2.05, 4.69) is 13.8 Å². The molecule has 1 unspecified atom stereocenters. The van der Waals surface area contributed by atoms with Gasteiger partial charge in [0.2, 0.25) is 13.9 Å². The molecular weight excluding hydrogens is 189 g/mol. The van der Waals surface area contributed by atoms with Gasteiger partial charge in [-0.25, -0.2) is 0 Å². The molecule has 1 saturated heterocycles. The molecule has 0 aliphatic carbocycles. The first-order chi connectivity index (χ1) is 5.52. The van der Waals surface area contributed by atoms with Crippen molar-refractivity contribution in [1.29, 1.82) is 0 Å². The predicted octanol–water partition coefficient (Wildman–Crippen LogP) is 1.34. The van der Waals surface area contributed by atoms with Crippen molar-refractivity contribution in [2.45, 2.75) is 25.5 Å². The maximum atomic E-state index is 11.3. The van der Waals surface area contributed by atoms with Crippen LogP contribution in [0.3, 0.4) is 0 Å². The third kappa shape index (κ3) is 2.01. The zero-order valence-corrected chi connectivity index (χ0v) is 8.74. The summed E-state index contributed by atoms with van der Waals surface area (Å²) in [4.78, 5) is 12.4. The van der Waals surface area contributed by atoms with Gasteiger partial charge in [0, 0.05) is 0 Å². The van der Waals surface area contributed by atoms with Crippen molar-refractivity contribution in [3.05, 3.63) is 0 Å². The highest BCUT2D eigenvalue weighted by Crippen LogP contribution is 2.29. The van der Waals surface area contributed by atoms with E-state index in [4.69, 9.17) is 20.2 Å². The first-order valence-corrected chi connectivity index (χ1v) is 5.10. The Morgan fingerprint density at radius 2 is 2.33 bits per heavy atom. The molecule has 1 fully saturated rings. The Kier molecular flexibility index (Phi) is 3.18. The Labute approximate surface area is 83.5 Å². The first-order valence-electron chi connectivity index (χ1n) is 3.81. The highest BCUT2D eigenvalue weighted by atomic mass is 32.2. The van der Waals surface area contributed by atoms with Gasteiger partial charge in [-0.15, -0.1) is 0 Å². The lowest BCUT2D eigenvalue weighted by molar-refractivity contribution is -0.123. The van der Waals surface area contributed by atoms with E-state index >= 15 is 0 Å². The molecule has 1 aliphatic rings. The number of nitrogens with zero attached hydrogens (tertiary/aromatic N) is 1. The highest BCUT2D eigenvalue weighted by molar-refractivity contribution is 8.24. The molecule has 1 atom stereocenters. The Hall–Kier alpha value is -0.0251. The Bertz CT molecular complexity index is 219. The third-order valence-corrected chi connectivity index (χ3v) is 3.20. The highest BCUT2D eigenvalue weighted by Gasteiger charge is 2.33. The molecule has 1 rings (SSSR count). The van der Waals surface area contributed by atoms with Gasteiger partial charge in [-0.05, 0) is 12.3 Å². The maximum absolute atomic E-state index is 11.3. The van der Waals surface area contributed by atoms with Gasteiger partial charge in [0.1, 0.15) is 4.32 Å². The van der Waals surface area contributed by atoms with Gasteiger partial charge < -0.3 is 4.81 Å². The van der Waals surface area contributed by atoms with E-state index in [9.17, 15) is 4.79 Å². The quantitative estimate of drug-likeness (QED) is 0.494. The van der Waals surface area contributed by atoms with Crippen LogP contribution in [-0.2, 0) is 4.79 Å². The molecule has 64 valence electrons. The van der Waals surface area contributed by atoms with Crippen molar-refractivity contribution in [2.75, 3.05) is 0 Å². The van der Waals surface area contributed by atoms with E-state index in [1.807, 2.05) is 0 Å². The number of rotatable bonds is 2. The average molecular weight is 199 g/mol. The molecule has 1 heterocycles. The first kappa shape index (κ1) is 10.1. The minimum absolute atomic E-state index is 0.0532. The summed E-state index contributed by atoms with van der Waals surface area (Å²) >= 11 is 6.28. The van der Waals surface area contributed by atoms with E-state index in [1.165, 1.54) is 11.8 Å². The zero-order chi connectivity index (χ0) is 9.30. The second-order valence-corrected chi connectivity index (χ2v) is 5.05. The molecule has 0 aromatic carbocycles. The number of thiocarbonyl (C=S) groups is 1. The molecular formula is C7H10BNOS2. The Balaban J connectivity index is 2.59. The van der Waals surface area contributed by atoms with Crippen LogP contribution in [0.4, 0.5) is 0 Å². The van der Waals surface area contributed by atoms with Crippen LogP contribution in [0.5, 0.6) is 0 Å². The van der Waals surface area contributed by atoms with Gasteiger partial charge in [0.05, 0.1) is 5.25 Å². The zero-order valence-electron chi connectivity index (χ0n) is 7.11. The summed E-state index contributed by atoms with van der Waals surface area (Å²) < 4.78 is 0.491. The summed E-state index contributed by atoms with van der Waals surface area (Å²) in [6.07, 6.45) is 0.845. The molecule has 2 radical (unpaired) electrons. The van der Waals surface area contributed by atoms with E-state index in [-0.39, 0.29) is 11.2 Å². The lowest BCUT2D eigenvalue weighted by Crippen LogP contribution is -2.29. The van der Waals surface area contributed by atoms with Crippen LogP contribution in [0.25, 0.3) is 0 Å². The molecule has 1 aliphatic heterocycles. The van der Waals surface area contributed by atoms with E-state index in [0.29, 0.717) is 10.2 Å². The second-order valence-electron chi connectivity index (χ2n) is 3.21. The van der Waals surface area contributed by atoms with Crippen LogP contribution in [0.15, 0.2) is 0 Å². The van der Waals surface area contributed by atoms with Gasteiger partial charge in [0.25, 0.3) is 0 Å². The van der Waals surface area contributed by atoms with Crippen molar-refractivity contribution in [3.63, 3.8) is 0 Å². The fourth-order valence-electron chi connectivity index (χ4n) is 1.05. The fourth-order valence-corrected chi connectivity index (χ4v) is 2.63. The van der Waals surface area contributed by atoms with Crippen LogP contribution in [0, 0.1) is 5.92 Å². The fraction of sp³-hybridized carbons (Fsp3) is 0.714. The summed E-state index contributed by atoms with van der Waals surface area (Å²) in [5.41, 5.74) is 0. The average Bonchev–Trinajstić information content (AvgIpc) is 2.17. The normalized spacial score (nSPS) is 24.2. The molecule has 12 heavy (non-hydrogen) atoms. The summed E-state index contributed by atoms with van der Waals surface area (Å²) in [6.45, 7) is 4.16. The third-order valence-electron chi connectivity index (χ3n) is 1.64. The molecule has 5 heteroatoms. The van der Waals surface area contributed by atoms with Crippen LogP contribution in [0.1, 0.15) is 20.3 Å². The van der Waals surface area contributed by atoms with E-state index in [1.54, 1.807) is 0 Å². The van der Waals surface area contributed by atoms with Gasteiger partial charge >= 0.3 is 0 Å². The lowest BCUT2D eigenvalue weighted by atomic mass is 10.1. The Morgan fingerprint density at radius 3 is 2.67 bits per heavy atom. The number of amides is 1. The van der Waals surface area contributed by atoms with Crippen molar-refractivity contribution in [1.82, 2.24) is 4.81 Å². The molecule has 0 bridgehead atoms. The minimum atomic E-state index is -0.0568. The van der Waals surface area contributed by atoms with Gasteiger partial charge in [0.15, 0.2) is 0 Å². The monoisotopic (exact) mass is 199 g/mol. The summed E-state index contributed by atoms with van der Waals surface area (Å²) in [7, 11) is 5.41. The van der Waals surface area contributed by atoms with E-state index in [0.717, 1.165) is 11.2 Å². The molecule has 0 spiro atoms. The smallest absolute Gasteiger partial charge is 0.240 e. The Morgan fingerprint density at radius 1 is 1.75 bits per heavy atom. The topological polar surface area (TPSA) is 20.3 Å². The minimum Gasteiger partial charge on any atom is -0.354 e. The van der Waals surface area contributed by atoms with Crippen LogP contribution in [-0.4, -0.2) is 28.3 Å². The van der Waals surface area contributed by atoms with Crippen LogP contribution < -0.4 is 0 Å². The van der Waals surface area contributed by atoms with Gasteiger partial charge in [-0.2, -0.15) is 0 Å². The maximum Gasteiger partial charge on any atom is 0.240 e. The molecule has 0 saturated carbocycles. The standard InChI is InChI=1S/C7H10BNOS2/c1-4(2)3-5-6(10)9(8)7(11)12-5/h4-5H,3H2,1-2H3. The number of hydrogen-bond acceptors (Lipinski definition) is 3. The molecule has 1 amide bonds. The van der Waals surface area contributed by atoms with Crippen molar-refractivity contribution < 1.29 is 4.79 Å². The number of thioether (sulfide) groups is 1. The van der Waals surface area contributed by atoms with Gasteiger partial charge in [-0.1, -0.05) is 37.8 Å². The van der Waals surface area contributed by atoms with Crippen molar-refractivity contribution in [3.8, 4) is 0 Å². The van der Waals surface area contributed by atoms with Crippen LogP contribution in [0.2, 0.25) is 0 Å². The summed E-state index contributed by atoms with van der Waals surface area (Å²) in [5.74, 6) is 0.444. The lowest BCUT2D eigenvalue weighted by Gasteiger charge is -2.10. The molecule has 0 aromatic heterocycles. The number of hydrogen-bond donors (Lipinski definition) is 0. The largest absolute Gasteiger partial charge is 0.354 e.